The lowest BCUT2D eigenvalue weighted by molar-refractivity contribution is -0.126. The number of aromatic nitrogens is 3. The van der Waals surface area contributed by atoms with E-state index in [4.69, 9.17) is 9.47 Å². The SMILES string of the molecule is CCOc1cc2[nH]c(=O)n(CC3CCC(C(=O)NCCc4c[nH]c5ccccc45)CC3)c(=O)c2cc1OCC. The average Bonchev–Trinajstić information content (AvgIpc) is 3.35. The summed E-state index contributed by atoms with van der Waals surface area (Å²) in [4.78, 5) is 45.1. The first-order valence-corrected chi connectivity index (χ1v) is 13.9. The van der Waals surface area contributed by atoms with Crippen molar-refractivity contribution in [3.8, 4) is 11.5 Å². The number of carbonyl (C=O) groups is 1. The van der Waals surface area contributed by atoms with Crippen LogP contribution in [0.25, 0.3) is 21.8 Å². The Kier molecular flexibility index (Phi) is 8.05. The molecule has 1 amide bonds. The third-order valence-corrected chi connectivity index (χ3v) is 7.67. The van der Waals surface area contributed by atoms with Gasteiger partial charge in [0.2, 0.25) is 5.91 Å². The first-order chi connectivity index (χ1) is 19.0. The van der Waals surface area contributed by atoms with E-state index in [9.17, 15) is 14.4 Å². The molecule has 2 heterocycles. The van der Waals surface area contributed by atoms with Crippen molar-refractivity contribution >= 4 is 27.7 Å². The highest BCUT2D eigenvalue weighted by molar-refractivity contribution is 5.83. The molecule has 0 aliphatic heterocycles. The van der Waals surface area contributed by atoms with Crippen molar-refractivity contribution in [3.63, 3.8) is 0 Å². The molecule has 39 heavy (non-hydrogen) atoms. The van der Waals surface area contributed by atoms with E-state index in [1.165, 1.54) is 15.5 Å². The van der Waals surface area contributed by atoms with Crippen LogP contribution in [0.3, 0.4) is 0 Å². The minimum atomic E-state index is -0.434. The van der Waals surface area contributed by atoms with Gasteiger partial charge in [0.25, 0.3) is 5.56 Å². The van der Waals surface area contributed by atoms with Gasteiger partial charge in [-0.3, -0.25) is 14.2 Å². The summed E-state index contributed by atoms with van der Waals surface area (Å²) in [6, 6.07) is 11.5. The van der Waals surface area contributed by atoms with Crippen LogP contribution in [0.15, 0.2) is 52.2 Å². The third kappa shape index (κ3) is 5.72. The quantitative estimate of drug-likeness (QED) is 0.284. The molecule has 1 fully saturated rings. The molecule has 0 radical (unpaired) electrons. The lowest BCUT2D eigenvalue weighted by Crippen LogP contribution is -2.39. The summed E-state index contributed by atoms with van der Waals surface area (Å²) >= 11 is 0. The Morgan fingerprint density at radius 2 is 1.69 bits per heavy atom. The van der Waals surface area contributed by atoms with Gasteiger partial charge >= 0.3 is 5.69 Å². The molecule has 2 aromatic carbocycles. The molecule has 1 saturated carbocycles. The Hall–Kier alpha value is -4.01. The number of hydrogen-bond acceptors (Lipinski definition) is 5. The van der Waals surface area contributed by atoms with Crippen molar-refractivity contribution in [3.05, 3.63) is 69.0 Å². The van der Waals surface area contributed by atoms with Crippen molar-refractivity contribution in [2.24, 2.45) is 11.8 Å². The van der Waals surface area contributed by atoms with E-state index in [2.05, 4.69) is 21.4 Å². The summed E-state index contributed by atoms with van der Waals surface area (Å²) in [7, 11) is 0. The zero-order valence-corrected chi connectivity index (χ0v) is 22.5. The molecule has 206 valence electrons. The van der Waals surface area contributed by atoms with Gasteiger partial charge in [-0.1, -0.05) is 18.2 Å². The van der Waals surface area contributed by atoms with Gasteiger partial charge in [0.1, 0.15) is 0 Å². The third-order valence-electron chi connectivity index (χ3n) is 7.67. The Labute approximate surface area is 226 Å². The van der Waals surface area contributed by atoms with Crippen molar-refractivity contribution < 1.29 is 14.3 Å². The van der Waals surface area contributed by atoms with E-state index in [0.717, 1.165) is 37.6 Å². The predicted molar refractivity (Wildman–Crippen MR) is 152 cm³/mol. The lowest BCUT2D eigenvalue weighted by Gasteiger charge is -2.28. The molecule has 4 aromatic rings. The number of ether oxygens (including phenoxy) is 2. The van der Waals surface area contributed by atoms with Crippen LogP contribution in [-0.2, 0) is 17.8 Å². The highest BCUT2D eigenvalue weighted by atomic mass is 16.5. The first kappa shape index (κ1) is 26.6. The molecular formula is C30H36N4O5. The zero-order chi connectivity index (χ0) is 27.4. The van der Waals surface area contributed by atoms with Gasteiger partial charge in [0.15, 0.2) is 11.5 Å². The van der Waals surface area contributed by atoms with Crippen molar-refractivity contribution in [1.82, 2.24) is 19.9 Å². The fourth-order valence-electron chi connectivity index (χ4n) is 5.63. The summed E-state index contributed by atoms with van der Waals surface area (Å²) in [5.41, 5.74) is 1.96. The summed E-state index contributed by atoms with van der Waals surface area (Å²) in [6.45, 7) is 5.53. The van der Waals surface area contributed by atoms with E-state index in [0.29, 0.717) is 48.7 Å². The van der Waals surface area contributed by atoms with Gasteiger partial charge in [0.05, 0.1) is 24.1 Å². The molecule has 1 aliphatic carbocycles. The number of carbonyl (C=O) groups excluding carboxylic acids is 1. The topological polar surface area (TPSA) is 118 Å². The maximum atomic E-state index is 13.3. The summed E-state index contributed by atoms with van der Waals surface area (Å²) in [5, 5.41) is 4.69. The van der Waals surface area contributed by atoms with Crippen LogP contribution in [0.5, 0.6) is 11.5 Å². The lowest BCUT2D eigenvalue weighted by atomic mass is 9.81. The monoisotopic (exact) mass is 532 g/mol. The van der Waals surface area contributed by atoms with Crippen LogP contribution < -0.4 is 26.0 Å². The van der Waals surface area contributed by atoms with Crippen LogP contribution >= 0.6 is 0 Å². The normalized spacial score (nSPS) is 17.4. The Bertz CT molecular complexity index is 1580. The van der Waals surface area contributed by atoms with Crippen molar-refractivity contribution in [2.45, 2.75) is 52.5 Å². The van der Waals surface area contributed by atoms with Gasteiger partial charge in [-0.2, -0.15) is 0 Å². The van der Waals surface area contributed by atoms with Gasteiger partial charge < -0.3 is 24.8 Å². The van der Waals surface area contributed by atoms with E-state index >= 15 is 0 Å². The van der Waals surface area contributed by atoms with Crippen LogP contribution in [0.2, 0.25) is 0 Å². The van der Waals surface area contributed by atoms with Crippen molar-refractivity contribution in [1.29, 1.82) is 0 Å². The molecule has 9 nitrogen and oxygen atoms in total. The predicted octanol–water partition coefficient (Wildman–Crippen LogP) is 4.13. The molecule has 5 rings (SSSR count). The number of fused-ring (bicyclic) bond motifs is 2. The highest BCUT2D eigenvalue weighted by Gasteiger charge is 2.27. The number of amides is 1. The molecule has 0 saturated heterocycles. The smallest absolute Gasteiger partial charge is 0.328 e. The van der Waals surface area contributed by atoms with E-state index in [1.54, 1.807) is 12.1 Å². The molecule has 2 aromatic heterocycles. The molecule has 3 N–H and O–H groups in total. The summed E-state index contributed by atoms with van der Waals surface area (Å²) < 4.78 is 12.6. The highest BCUT2D eigenvalue weighted by Crippen LogP contribution is 2.32. The molecular weight excluding hydrogens is 496 g/mol. The number of hydrogen-bond donors (Lipinski definition) is 3. The van der Waals surface area contributed by atoms with E-state index in [-0.39, 0.29) is 23.3 Å². The fraction of sp³-hybridized carbons (Fsp3) is 0.433. The molecule has 0 unspecified atom stereocenters. The minimum Gasteiger partial charge on any atom is -0.490 e. The molecule has 0 bridgehead atoms. The number of nitrogens with zero attached hydrogens (tertiary/aromatic N) is 1. The summed E-state index contributed by atoms with van der Waals surface area (Å²) in [6.07, 6.45) is 5.85. The van der Waals surface area contributed by atoms with Gasteiger partial charge in [-0.05, 0) is 69.6 Å². The van der Waals surface area contributed by atoms with Gasteiger partial charge in [0, 0.05) is 42.2 Å². The number of nitrogens with one attached hydrogen (secondary N) is 3. The second-order valence-electron chi connectivity index (χ2n) is 10.2. The number of aromatic amines is 2. The van der Waals surface area contributed by atoms with Crippen LogP contribution in [0, 0.1) is 11.8 Å². The van der Waals surface area contributed by atoms with Gasteiger partial charge in [-0.25, -0.2) is 4.79 Å². The number of benzene rings is 2. The number of rotatable bonds is 10. The van der Waals surface area contributed by atoms with Crippen LogP contribution in [0.1, 0.15) is 45.1 Å². The largest absolute Gasteiger partial charge is 0.490 e. The van der Waals surface area contributed by atoms with E-state index in [1.807, 2.05) is 38.2 Å². The van der Waals surface area contributed by atoms with Crippen LogP contribution in [-0.4, -0.2) is 40.2 Å². The maximum absolute atomic E-state index is 13.3. The molecule has 9 heteroatoms. The Morgan fingerprint density at radius 3 is 2.44 bits per heavy atom. The molecule has 1 aliphatic rings. The molecule has 0 spiro atoms. The Balaban J connectivity index is 1.19. The zero-order valence-electron chi connectivity index (χ0n) is 22.5. The second kappa shape index (κ2) is 11.8. The second-order valence-corrected chi connectivity index (χ2v) is 10.2. The average molecular weight is 533 g/mol. The maximum Gasteiger partial charge on any atom is 0.328 e. The van der Waals surface area contributed by atoms with Crippen molar-refractivity contribution in [2.75, 3.05) is 19.8 Å². The van der Waals surface area contributed by atoms with E-state index < -0.39 is 5.69 Å². The van der Waals surface area contributed by atoms with Gasteiger partial charge in [-0.15, -0.1) is 0 Å². The van der Waals surface area contributed by atoms with Crippen LogP contribution in [0.4, 0.5) is 0 Å². The standard InChI is InChI=1S/C30H36N4O5/c1-3-38-26-15-23-25(16-27(26)39-4-2)33-30(37)34(29(23)36)18-19-9-11-20(12-10-19)28(35)31-14-13-21-17-32-24-8-6-5-7-22(21)24/h5-8,15-17,19-20,32H,3-4,9-14,18H2,1-2H3,(H,31,35)(H,33,37). The number of para-hydroxylation sites is 1. The minimum absolute atomic E-state index is 0.0402. The fourth-order valence-corrected chi connectivity index (χ4v) is 5.63. The number of H-pyrrole nitrogens is 2. The Morgan fingerprint density at radius 1 is 0.974 bits per heavy atom. The molecule has 0 atom stereocenters. The first-order valence-electron chi connectivity index (χ1n) is 13.9. The summed E-state index contributed by atoms with van der Waals surface area (Å²) in [5.74, 6) is 1.19.